The van der Waals surface area contributed by atoms with Crippen LogP contribution in [0.1, 0.15) is 28.4 Å². The third-order valence-electron chi connectivity index (χ3n) is 3.54. The summed E-state index contributed by atoms with van der Waals surface area (Å²) < 4.78 is 10.6. The van der Waals surface area contributed by atoms with E-state index in [1.807, 2.05) is 24.3 Å². The topological polar surface area (TPSA) is 47.6 Å². The van der Waals surface area contributed by atoms with E-state index < -0.39 is 0 Å². The van der Waals surface area contributed by atoms with Crippen LogP contribution in [0.5, 0.6) is 11.5 Å². The lowest BCUT2D eigenvalue weighted by Crippen LogP contribution is -2.23. The molecule has 0 aliphatic heterocycles. The molecule has 0 fully saturated rings. The van der Waals surface area contributed by atoms with Gasteiger partial charge in [-0.25, -0.2) is 0 Å². The minimum atomic E-state index is -0.165. The molecule has 1 amide bonds. The summed E-state index contributed by atoms with van der Waals surface area (Å²) in [5, 5.41) is 2.92. The van der Waals surface area contributed by atoms with E-state index in [1.54, 1.807) is 26.4 Å². The van der Waals surface area contributed by atoms with Gasteiger partial charge in [-0.05, 0) is 30.2 Å². The second-order valence-corrected chi connectivity index (χ2v) is 4.88. The maximum absolute atomic E-state index is 12.3. The molecule has 0 aromatic heterocycles. The number of ether oxygens (including phenoxy) is 2. The molecule has 0 aliphatic rings. The van der Waals surface area contributed by atoms with Crippen LogP contribution in [-0.4, -0.2) is 20.1 Å². The fourth-order valence-corrected chi connectivity index (χ4v) is 2.29. The SMILES string of the molecule is CCc1ccc(OC)c(CNC(=O)c2ccccc2OC)c1. The van der Waals surface area contributed by atoms with E-state index in [0.29, 0.717) is 17.9 Å². The first-order valence-corrected chi connectivity index (χ1v) is 7.26. The van der Waals surface area contributed by atoms with Crippen LogP contribution in [0.25, 0.3) is 0 Å². The first-order chi connectivity index (χ1) is 10.7. The first kappa shape index (κ1) is 15.9. The quantitative estimate of drug-likeness (QED) is 0.891. The van der Waals surface area contributed by atoms with Crippen molar-refractivity contribution in [2.75, 3.05) is 14.2 Å². The van der Waals surface area contributed by atoms with Crippen molar-refractivity contribution in [1.29, 1.82) is 0 Å². The zero-order valence-corrected chi connectivity index (χ0v) is 13.2. The van der Waals surface area contributed by atoms with E-state index in [0.717, 1.165) is 17.7 Å². The highest BCUT2D eigenvalue weighted by molar-refractivity contribution is 5.96. The van der Waals surface area contributed by atoms with Gasteiger partial charge < -0.3 is 14.8 Å². The fourth-order valence-electron chi connectivity index (χ4n) is 2.29. The van der Waals surface area contributed by atoms with Gasteiger partial charge in [-0.3, -0.25) is 4.79 Å². The van der Waals surface area contributed by atoms with Gasteiger partial charge in [0.1, 0.15) is 11.5 Å². The highest BCUT2D eigenvalue weighted by Gasteiger charge is 2.12. The minimum absolute atomic E-state index is 0.165. The van der Waals surface area contributed by atoms with Crippen molar-refractivity contribution in [3.05, 3.63) is 59.2 Å². The summed E-state index contributed by atoms with van der Waals surface area (Å²) in [5.74, 6) is 1.17. The third-order valence-corrected chi connectivity index (χ3v) is 3.54. The predicted molar refractivity (Wildman–Crippen MR) is 86.5 cm³/mol. The lowest BCUT2D eigenvalue weighted by molar-refractivity contribution is 0.0947. The monoisotopic (exact) mass is 299 g/mol. The van der Waals surface area contributed by atoms with Gasteiger partial charge in [0.2, 0.25) is 0 Å². The summed E-state index contributed by atoms with van der Waals surface area (Å²) in [6.07, 6.45) is 0.942. The summed E-state index contributed by atoms with van der Waals surface area (Å²) in [4.78, 5) is 12.3. The molecule has 0 atom stereocenters. The number of aryl methyl sites for hydroxylation is 1. The molecule has 4 heteroatoms. The predicted octanol–water partition coefficient (Wildman–Crippen LogP) is 3.20. The van der Waals surface area contributed by atoms with Gasteiger partial charge in [0.15, 0.2) is 0 Å². The van der Waals surface area contributed by atoms with Crippen molar-refractivity contribution in [2.24, 2.45) is 0 Å². The number of nitrogens with one attached hydrogen (secondary N) is 1. The van der Waals surface area contributed by atoms with Gasteiger partial charge in [-0.1, -0.05) is 31.2 Å². The van der Waals surface area contributed by atoms with Crippen molar-refractivity contribution in [3.63, 3.8) is 0 Å². The Morgan fingerprint density at radius 2 is 1.77 bits per heavy atom. The number of rotatable bonds is 6. The maximum atomic E-state index is 12.3. The second kappa shape index (κ2) is 7.50. The van der Waals surface area contributed by atoms with Crippen molar-refractivity contribution >= 4 is 5.91 Å². The molecule has 2 rings (SSSR count). The van der Waals surface area contributed by atoms with Crippen LogP contribution in [0.3, 0.4) is 0 Å². The van der Waals surface area contributed by atoms with E-state index in [9.17, 15) is 4.79 Å². The molecule has 4 nitrogen and oxygen atoms in total. The van der Waals surface area contributed by atoms with Gasteiger partial charge in [-0.15, -0.1) is 0 Å². The number of hydrogen-bond acceptors (Lipinski definition) is 3. The second-order valence-electron chi connectivity index (χ2n) is 4.88. The number of methoxy groups -OCH3 is 2. The van der Waals surface area contributed by atoms with Gasteiger partial charge in [0.05, 0.1) is 19.8 Å². The van der Waals surface area contributed by atoms with E-state index in [2.05, 4.69) is 18.3 Å². The fraction of sp³-hybridized carbons (Fsp3) is 0.278. The molecule has 0 saturated carbocycles. The number of amides is 1. The molecule has 0 spiro atoms. The number of hydrogen-bond donors (Lipinski definition) is 1. The summed E-state index contributed by atoms with van der Waals surface area (Å²) in [5.41, 5.74) is 2.70. The summed E-state index contributed by atoms with van der Waals surface area (Å²) in [6, 6.07) is 13.2. The molecule has 0 bridgehead atoms. The molecule has 2 aromatic rings. The van der Waals surface area contributed by atoms with Gasteiger partial charge in [-0.2, -0.15) is 0 Å². The molecule has 116 valence electrons. The average Bonchev–Trinajstić information content (AvgIpc) is 2.59. The zero-order chi connectivity index (χ0) is 15.9. The van der Waals surface area contributed by atoms with E-state index in [4.69, 9.17) is 9.47 Å². The third kappa shape index (κ3) is 3.58. The van der Waals surface area contributed by atoms with Crippen LogP contribution < -0.4 is 14.8 Å². The Kier molecular flexibility index (Phi) is 5.42. The Morgan fingerprint density at radius 3 is 2.45 bits per heavy atom. The Bertz CT molecular complexity index is 653. The smallest absolute Gasteiger partial charge is 0.255 e. The number of para-hydroxylation sites is 1. The average molecular weight is 299 g/mol. The van der Waals surface area contributed by atoms with Crippen LogP contribution in [-0.2, 0) is 13.0 Å². The number of carbonyl (C=O) groups is 1. The molecular weight excluding hydrogens is 278 g/mol. The molecule has 0 aliphatic carbocycles. The molecule has 2 aromatic carbocycles. The largest absolute Gasteiger partial charge is 0.496 e. The summed E-state index contributed by atoms with van der Waals surface area (Å²) in [7, 11) is 3.19. The Hall–Kier alpha value is -2.49. The highest BCUT2D eigenvalue weighted by atomic mass is 16.5. The van der Waals surface area contributed by atoms with E-state index in [-0.39, 0.29) is 5.91 Å². The lowest BCUT2D eigenvalue weighted by Gasteiger charge is -2.12. The normalized spacial score (nSPS) is 10.1. The van der Waals surface area contributed by atoms with E-state index >= 15 is 0 Å². The van der Waals surface area contributed by atoms with Gasteiger partial charge in [0, 0.05) is 12.1 Å². The van der Waals surface area contributed by atoms with Crippen molar-refractivity contribution in [2.45, 2.75) is 19.9 Å². The first-order valence-electron chi connectivity index (χ1n) is 7.26. The lowest BCUT2D eigenvalue weighted by atomic mass is 10.1. The molecule has 0 heterocycles. The van der Waals surface area contributed by atoms with E-state index in [1.165, 1.54) is 5.56 Å². The minimum Gasteiger partial charge on any atom is -0.496 e. The standard InChI is InChI=1S/C18H21NO3/c1-4-13-9-10-16(21-2)14(11-13)12-19-18(20)15-7-5-6-8-17(15)22-3/h5-11H,4,12H2,1-3H3,(H,19,20). The molecule has 1 N–H and O–H groups in total. The molecular formula is C18H21NO3. The molecule has 0 unspecified atom stereocenters. The number of carbonyl (C=O) groups excluding carboxylic acids is 1. The van der Waals surface area contributed by atoms with Crippen LogP contribution in [0.2, 0.25) is 0 Å². The number of benzene rings is 2. The van der Waals surface area contributed by atoms with Crippen molar-refractivity contribution < 1.29 is 14.3 Å². The highest BCUT2D eigenvalue weighted by Crippen LogP contribution is 2.21. The molecule has 0 radical (unpaired) electrons. The maximum Gasteiger partial charge on any atom is 0.255 e. The molecule has 0 saturated heterocycles. The van der Waals surface area contributed by atoms with Crippen LogP contribution in [0.4, 0.5) is 0 Å². The van der Waals surface area contributed by atoms with Crippen LogP contribution in [0, 0.1) is 0 Å². The zero-order valence-electron chi connectivity index (χ0n) is 13.2. The Morgan fingerprint density at radius 1 is 1.05 bits per heavy atom. The Labute approximate surface area is 131 Å². The van der Waals surface area contributed by atoms with Crippen molar-refractivity contribution in [3.8, 4) is 11.5 Å². The van der Waals surface area contributed by atoms with Crippen LogP contribution in [0.15, 0.2) is 42.5 Å². The van der Waals surface area contributed by atoms with Gasteiger partial charge in [0.25, 0.3) is 5.91 Å². The Balaban J connectivity index is 2.14. The van der Waals surface area contributed by atoms with Gasteiger partial charge >= 0.3 is 0 Å². The summed E-state index contributed by atoms with van der Waals surface area (Å²) >= 11 is 0. The van der Waals surface area contributed by atoms with Crippen molar-refractivity contribution in [1.82, 2.24) is 5.32 Å². The molecule has 22 heavy (non-hydrogen) atoms. The van der Waals surface area contributed by atoms with Crippen LogP contribution >= 0.6 is 0 Å². The summed E-state index contributed by atoms with van der Waals surface area (Å²) in [6.45, 7) is 2.51.